The van der Waals surface area contributed by atoms with Crippen LogP contribution in [0.3, 0.4) is 0 Å². The first-order chi connectivity index (χ1) is 11.1. The Balaban J connectivity index is 1.54. The Morgan fingerprint density at radius 1 is 1.43 bits per heavy atom. The Bertz CT molecular complexity index is 887. The third-order valence-electron chi connectivity index (χ3n) is 3.59. The van der Waals surface area contributed by atoms with Crippen molar-refractivity contribution in [2.75, 3.05) is 0 Å². The third kappa shape index (κ3) is 2.93. The largest absolute Gasteiger partial charge is 0.338 e. The predicted molar refractivity (Wildman–Crippen MR) is 86.8 cm³/mol. The van der Waals surface area contributed by atoms with Crippen molar-refractivity contribution < 1.29 is 9.45 Å². The minimum atomic E-state index is -0.396. The fourth-order valence-corrected chi connectivity index (χ4v) is 4.45. The lowest BCUT2D eigenvalue weighted by atomic mass is 10.3. The molecule has 2 aromatic heterocycles. The molecule has 23 heavy (non-hydrogen) atoms. The lowest BCUT2D eigenvalue weighted by molar-refractivity contribution is -0.384. The fraction of sp³-hybridized carbons (Fsp3) is 0.357. The van der Waals surface area contributed by atoms with E-state index in [9.17, 15) is 10.1 Å². The second-order valence-electron chi connectivity index (χ2n) is 5.41. The second kappa shape index (κ2) is 5.57. The summed E-state index contributed by atoms with van der Waals surface area (Å²) in [4.78, 5) is 19.4. The molecule has 1 aliphatic rings. The van der Waals surface area contributed by atoms with Gasteiger partial charge in [-0.1, -0.05) is 16.9 Å². The molecule has 118 valence electrons. The molecule has 0 saturated heterocycles. The molecule has 0 N–H and O–H groups in total. The summed E-state index contributed by atoms with van der Waals surface area (Å²) in [5, 5.41) is 14.8. The zero-order chi connectivity index (χ0) is 16.0. The van der Waals surface area contributed by atoms with Crippen LogP contribution in [0.1, 0.15) is 42.6 Å². The molecule has 3 aromatic rings. The summed E-state index contributed by atoms with van der Waals surface area (Å²) in [7, 11) is 0. The van der Waals surface area contributed by atoms with E-state index in [4.69, 9.17) is 4.52 Å². The van der Waals surface area contributed by atoms with E-state index in [1.54, 1.807) is 12.1 Å². The Hall–Kier alpha value is -2.00. The lowest BCUT2D eigenvalue weighted by Crippen LogP contribution is -1.89. The fourth-order valence-electron chi connectivity index (χ4n) is 2.18. The molecule has 0 amide bonds. The van der Waals surface area contributed by atoms with Crippen molar-refractivity contribution in [3.8, 4) is 0 Å². The van der Waals surface area contributed by atoms with Crippen LogP contribution < -0.4 is 0 Å². The smallest absolute Gasteiger partial charge is 0.270 e. The predicted octanol–water partition coefficient (Wildman–Crippen LogP) is 4.32. The molecule has 1 aromatic carbocycles. The highest BCUT2D eigenvalue weighted by atomic mass is 32.2. The minimum Gasteiger partial charge on any atom is -0.338 e. The van der Waals surface area contributed by atoms with E-state index in [0.29, 0.717) is 11.8 Å². The number of non-ortho nitro benzene ring substituents is 1. The molecule has 0 bridgehead atoms. The summed E-state index contributed by atoms with van der Waals surface area (Å²) < 4.78 is 6.97. The maximum Gasteiger partial charge on any atom is 0.270 e. The van der Waals surface area contributed by atoms with Crippen molar-refractivity contribution >= 4 is 39.0 Å². The molecule has 1 saturated carbocycles. The number of fused-ring (bicyclic) bond motifs is 1. The molecular formula is C14H12N4O3S2. The zero-order valence-electron chi connectivity index (χ0n) is 12.1. The summed E-state index contributed by atoms with van der Waals surface area (Å²) >= 11 is 2.96. The number of hydrogen-bond donors (Lipinski definition) is 0. The average molecular weight is 348 g/mol. The van der Waals surface area contributed by atoms with Crippen molar-refractivity contribution in [3.05, 3.63) is 40.0 Å². The molecule has 0 aliphatic heterocycles. The van der Waals surface area contributed by atoms with Crippen LogP contribution in [0.5, 0.6) is 0 Å². The van der Waals surface area contributed by atoms with Crippen LogP contribution in [0.25, 0.3) is 10.2 Å². The van der Waals surface area contributed by atoms with E-state index in [0.717, 1.165) is 33.2 Å². The molecule has 1 atom stereocenters. The van der Waals surface area contributed by atoms with Crippen molar-refractivity contribution in [1.82, 2.24) is 15.1 Å². The maximum atomic E-state index is 10.8. The van der Waals surface area contributed by atoms with E-state index in [1.165, 1.54) is 29.2 Å². The molecule has 1 unspecified atom stereocenters. The highest BCUT2D eigenvalue weighted by molar-refractivity contribution is 8.01. The Morgan fingerprint density at radius 2 is 2.26 bits per heavy atom. The standard InChI is InChI=1S/C14H12N4O3S2/c1-7(13-16-12(17-21-13)8-2-3-8)22-14-15-10-5-4-9(18(19)20)6-11(10)23-14/h4-8H,2-3H2,1H3. The quantitative estimate of drug-likeness (QED) is 0.385. The summed E-state index contributed by atoms with van der Waals surface area (Å²) in [5.74, 6) is 1.86. The average Bonchev–Trinajstić information content (AvgIpc) is 3.11. The molecule has 1 fully saturated rings. The van der Waals surface area contributed by atoms with Crippen LogP contribution in [0.15, 0.2) is 27.1 Å². The van der Waals surface area contributed by atoms with Crippen LogP contribution in [0, 0.1) is 10.1 Å². The molecule has 0 radical (unpaired) electrons. The molecule has 2 heterocycles. The van der Waals surface area contributed by atoms with Gasteiger partial charge in [0.2, 0.25) is 5.89 Å². The summed E-state index contributed by atoms with van der Waals surface area (Å²) in [6.45, 7) is 1.99. The minimum absolute atomic E-state index is 0.00875. The van der Waals surface area contributed by atoms with E-state index < -0.39 is 4.92 Å². The summed E-state index contributed by atoms with van der Waals surface area (Å²) in [6.07, 6.45) is 2.27. The normalized spacial score (nSPS) is 15.9. The lowest BCUT2D eigenvalue weighted by Gasteiger charge is -2.01. The highest BCUT2D eigenvalue weighted by Gasteiger charge is 2.30. The van der Waals surface area contributed by atoms with Crippen LogP contribution in [-0.2, 0) is 0 Å². The number of nitro benzene ring substituents is 1. The number of thioether (sulfide) groups is 1. The van der Waals surface area contributed by atoms with Crippen molar-refractivity contribution in [2.24, 2.45) is 0 Å². The van der Waals surface area contributed by atoms with Gasteiger partial charge in [0.1, 0.15) is 0 Å². The zero-order valence-corrected chi connectivity index (χ0v) is 13.8. The number of rotatable bonds is 5. The molecule has 4 rings (SSSR count). The first kappa shape index (κ1) is 14.6. The molecule has 7 nitrogen and oxygen atoms in total. The highest BCUT2D eigenvalue weighted by Crippen LogP contribution is 2.41. The number of nitrogens with zero attached hydrogens (tertiary/aromatic N) is 4. The summed E-state index contributed by atoms with van der Waals surface area (Å²) in [5.41, 5.74) is 0.844. The number of aromatic nitrogens is 3. The van der Waals surface area contributed by atoms with Gasteiger partial charge < -0.3 is 4.52 Å². The number of hydrogen-bond acceptors (Lipinski definition) is 8. The number of nitro groups is 1. The maximum absolute atomic E-state index is 10.8. The number of benzene rings is 1. The summed E-state index contributed by atoms with van der Waals surface area (Å²) in [6, 6.07) is 4.70. The second-order valence-corrected chi connectivity index (χ2v) is 8.03. The number of thiazole rings is 1. The van der Waals surface area contributed by atoms with E-state index in [2.05, 4.69) is 15.1 Å². The van der Waals surface area contributed by atoms with E-state index in [-0.39, 0.29) is 10.9 Å². The molecule has 1 aliphatic carbocycles. The Morgan fingerprint density at radius 3 is 3.00 bits per heavy atom. The molecule has 0 spiro atoms. The van der Waals surface area contributed by atoms with Crippen molar-refractivity contribution in [1.29, 1.82) is 0 Å². The third-order valence-corrected chi connectivity index (χ3v) is 5.79. The van der Waals surface area contributed by atoms with Gasteiger partial charge in [0.05, 0.1) is 20.4 Å². The van der Waals surface area contributed by atoms with Gasteiger partial charge in [0.25, 0.3) is 5.69 Å². The monoisotopic (exact) mass is 348 g/mol. The van der Waals surface area contributed by atoms with Crippen molar-refractivity contribution in [2.45, 2.75) is 35.3 Å². The van der Waals surface area contributed by atoms with Gasteiger partial charge in [-0.05, 0) is 25.8 Å². The van der Waals surface area contributed by atoms with Crippen LogP contribution in [-0.4, -0.2) is 20.0 Å². The van der Waals surface area contributed by atoms with Gasteiger partial charge >= 0.3 is 0 Å². The van der Waals surface area contributed by atoms with Gasteiger partial charge in [0.15, 0.2) is 10.2 Å². The topological polar surface area (TPSA) is 95.0 Å². The Kier molecular flexibility index (Phi) is 3.53. The van der Waals surface area contributed by atoms with Gasteiger partial charge in [-0.25, -0.2) is 4.98 Å². The van der Waals surface area contributed by atoms with Gasteiger partial charge in [0, 0.05) is 18.1 Å². The molecular weight excluding hydrogens is 336 g/mol. The van der Waals surface area contributed by atoms with Crippen LogP contribution in [0.2, 0.25) is 0 Å². The van der Waals surface area contributed by atoms with Gasteiger partial charge in [-0.3, -0.25) is 10.1 Å². The van der Waals surface area contributed by atoms with Crippen LogP contribution in [0.4, 0.5) is 5.69 Å². The van der Waals surface area contributed by atoms with E-state index >= 15 is 0 Å². The first-order valence-corrected chi connectivity index (χ1v) is 8.85. The van der Waals surface area contributed by atoms with Gasteiger partial charge in [-0.15, -0.1) is 11.3 Å². The van der Waals surface area contributed by atoms with Crippen molar-refractivity contribution in [3.63, 3.8) is 0 Å². The van der Waals surface area contributed by atoms with Gasteiger partial charge in [-0.2, -0.15) is 4.98 Å². The van der Waals surface area contributed by atoms with Crippen LogP contribution >= 0.6 is 23.1 Å². The SMILES string of the molecule is CC(Sc1nc2ccc([N+](=O)[O-])cc2s1)c1nc(C2CC2)no1. The first-order valence-electron chi connectivity index (χ1n) is 7.15. The molecule has 9 heteroatoms. The Labute approximate surface area is 139 Å². The van der Waals surface area contributed by atoms with E-state index in [1.807, 2.05) is 6.92 Å².